The Hall–Kier alpha value is -2.86. The number of aromatic nitrogens is 2. The van der Waals surface area contributed by atoms with Crippen molar-refractivity contribution in [2.75, 3.05) is 19.6 Å². The van der Waals surface area contributed by atoms with Crippen molar-refractivity contribution in [3.63, 3.8) is 0 Å². The van der Waals surface area contributed by atoms with Crippen molar-refractivity contribution < 1.29 is 9.21 Å². The molecule has 3 aromatic rings. The summed E-state index contributed by atoms with van der Waals surface area (Å²) in [5, 5.41) is 0. The first-order chi connectivity index (χ1) is 14.3. The number of fused-ring (bicyclic) bond motifs is 1. The summed E-state index contributed by atoms with van der Waals surface area (Å²) in [5.41, 5.74) is 2.25. The van der Waals surface area contributed by atoms with E-state index in [2.05, 4.69) is 43.7 Å². The van der Waals surface area contributed by atoms with Gasteiger partial charge in [-0.15, -0.1) is 0 Å². The quantitative estimate of drug-likeness (QED) is 0.686. The van der Waals surface area contributed by atoms with Gasteiger partial charge in [0.05, 0.1) is 18.8 Å². The number of pyridine rings is 1. The lowest BCUT2D eigenvalue weighted by Crippen LogP contribution is -2.47. The molecule has 1 saturated heterocycles. The highest BCUT2D eigenvalue weighted by Crippen LogP contribution is 2.34. The van der Waals surface area contributed by atoms with Gasteiger partial charge in [-0.2, -0.15) is 0 Å². The molecule has 5 rings (SSSR count). The van der Waals surface area contributed by atoms with Gasteiger partial charge >= 0.3 is 0 Å². The zero-order chi connectivity index (χ0) is 19.6. The summed E-state index contributed by atoms with van der Waals surface area (Å²) in [5.74, 6) is 1.36. The van der Waals surface area contributed by atoms with Gasteiger partial charge in [-0.05, 0) is 61.8 Å². The van der Waals surface area contributed by atoms with Crippen LogP contribution in [0.3, 0.4) is 0 Å². The fraction of sp³-hybridized carbons (Fsp3) is 0.391. The number of rotatable bonds is 4. The largest absolute Gasteiger partial charge is 0.468 e. The number of likely N-dealkylation sites (tertiary alicyclic amines) is 1. The molecule has 0 radical (unpaired) electrons. The first-order valence-electron chi connectivity index (χ1n) is 10.4. The van der Waals surface area contributed by atoms with Crippen molar-refractivity contribution >= 4 is 5.91 Å². The van der Waals surface area contributed by atoms with Crippen molar-refractivity contribution in [2.24, 2.45) is 5.92 Å². The summed E-state index contributed by atoms with van der Waals surface area (Å²) in [4.78, 5) is 22.3. The van der Waals surface area contributed by atoms with Crippen LogP contribution in [-0.4, -0.2) is 44.9 Å². The number of piperidine rings is 1. The average Bonchev–Trinajstić information content (AvgIpc) is 3.45. The molecule has 6 heteroatoms. The van der Waals surface area contributed by atoms with Crippen molar-refractivity contribution in [3.8, 4) is 0 Å². The van der Waals surface area contributed by atoms with Crippen molar-refractivity contribution in [2.45, 2.75) is 32.0 Å². The van der Waals surface area contributed by atoms with E-state index in [-0.39, 0.29) is 17.9 Å². The second-order valence-electron chi connectivity index (χ2n) is 7.98. The lowest BCUT2D eigenvalue weighted by Gasteiger charge is -2.40. The predicted octanol–water partition coefficient (Wildman–Crippen LogP) is 3.32. The Morgan fingerprint density at radius 2 is 1.97 bits per heavy atom. The van der Waals surface area contributed by atoms with Gasteiger partial charge in [-0.1, -0.05) is 6.07 Å². The van der Waals surface area contributed by atoms with Crippen LogP contribution in [0.25, 0.3) is 0 Å². The molecule has 0 aliphatic carbocycles. The number of furan rings is 1. The molecule has 29 heavy (non-hydrogen) atoms. The van der Waals surface area contributed by atoms with Gasteiger partial charge in [0.1, 0.15) is 5.76 Å². The molecule has 1 amide bonds. The summed E-state index contributed by atoms with van der Waals surface area (Å²) in [7, 11) is 0. The second kappa shape index (κ2) is 7.87. The fourth-order valence-electron chi connectivity index (χ4n) is 4.70. The zero-order valence-electron chi connectivity index (χ0n) is 16.5. The Morgan fingerprint density at radius 1 is 1.07 bits per heavy atom. The summed E-state index contributed by atoms with van der Waals surface area (Å²) >= 11 is 0. The second-order valence-corrected chi connectivity index (χ2v) is 7.98. The van der Waals surface area contributed by atoms with Gasteiger partial charge in [0.15, 0.2) is 0 Å². The Balaban J connectivity index is 1.31. The van der Waals surface area contributed by atoms with Gasteiger partial charge in [0.2, 0.25) is 5.91 Å². The molecule has 150 valence electrons. The molecule has 5 heterocycles. The number of amides is 1. The predicted molar refractivity (Wildman–Crippen MR) is 109 cm³/mol. The molecule has 0 aromatic carbocycles. The van der Waals surface area contributed by atoms with E-state index in [1.54, 1.807) is 12.5 Å². The number of carbonyl (C=O) groups excluding carboxylic acids is 1. The number of hydrogen-bond donors (Lipinski definition) is 0. The van der Waals surface area contributed by atoms with Crippen LogP contribution in [-0.2, 0) is 17.9 Å². The highest BCUT2D eigenvalue weighted by Gasteiger charge is 2.36. The summed E-state index contributed by atoms with van der Waals surface area (Å²) in [6.45, 7) is 4.27. The molecule has 3 aromatic heterocycles. The number of hydrogen-bond acceptors (Lipinski definition) is 4. The van der Waals surface area contributed by atoms with Crippen LogP contribution in [0.15, 0.2) is 65.7 Å². The maximum atomic E-state index is 13.6. The minimum Gasteiger partial charge on any atom is -0.468 e. The van der Waals surface area contributed by atoms with Crippen molar-refractivity contribution in [3.05, 3.63) is 78.3 Å². The van der Waals surface area contributed by atoms with E-state index in [9.17, 15) is 4.79 Å². The van der Waals surface area contributed by atoms with Crippen LogP contribution >= 0.6 is 0 Å². The topological polar surface area (TPSA) is 54.5 Å². The first kappa shape index (κ1) is 18.2. The van der Waals surface area contributed by atoms with Gasteiger partial charge in [0, 0.05) is 43.3 Å². The third-order valence-corrected chi connectivity index (χ3v) is 6.22. The molecule has 1 fully saturated rings. The number of carbonyl (C=O) groups is 1. The third kappa shape index (κ3) is 3.60. The summed E-state index contributed by atoms with van der Waals surface area (Å²) in [6.07, 6.45) is 9.30. The van der Waals surface area contributed by atoms with Crippen LogP contribution in [0.1, 0.15) is 35.9 Å². The molecular weight excluding hydrogens is 364 g/mol. The van der Waals surface area contributed by atoms with E-state index in [0.29, 0.717) is 0 Å². The smallest absolute Gasteiger partial charge is 0.226 e. The van der Waals surface area contributed by atoms with Crippen LogP contribution < -0.4 is 0 Å². The van der Waals surface area contributed by atoms with E-state index in [4.69, 9.17) is 4.42 Å². The molecule has 0 saturated carbocycles. The van der Waals surface area contributed by atoms with Crippen molar-refractivity contribution in [1.29, 1.82) is 0 Å². The third-order valence-electron chi connectivity index (χ3n) is 6.22. The Kier molecular flexibility index (Phi) is 4.94. The first-order valence-corrected chi connectivity index (χ1v) is 10.4. The van der Waals surface area contributed by atoms with Crippen LogP contribution in [0, 0.1) is 5.92 Å². The van der Waals surface area contributed by atoms with E-state index in [0.717, 1.165) is 56.9 Å². The fourth-order valence-corrected chi connectivity index (χ4v) is 4.70. The maximum Gasteiger partial charge on any atom is 0.226 e. The SMILES string of the molecule is O=C(C1CCN(Cc2ccco2)CC1)N1CCn2cccc2[C@@H]1c1cccnc1. The van der Waals surface area contributed by atoms with Gasteiger partial charge in [0.25, 0.3) is 0 Å². The molecule has 0 spiro atoms. The monoisotopic (exact) mass is 390 g/mol. The molecule has 0 bridgehead atoms. The normalized spacial score (nSPS) is 20.6. The minimum atomic E-state index is -0.0545. The molecule has 1 atom stereocenters. The minimum absolute atomic E-state index is 0.0545. The Labute approximate surface area is 170 Å². The van der Waals surface area contributed by atoms with Crippen molar-refractivity contribution in [1.82, 2.24) is 19.4 Å². The average molecular weight is 390 g/mol. The molecule has 0 unspecified atom stereocenters. The lowest BCUT2D eigenvalue weighted by molar-refractivity contribution is -0.140. The number of nitrogens with zero attached hydrogens (tertiary/aromatic N) is 4. The van der Waals surface area contributed by atoms with Crippen LogP contribution in [0.2, 0.25) is 0 Å². The van der Waals surface area contributed by atoms with E-state index < -0.39 is 0 Å². The molecular formula is C23H26N4O2. The summed E-state index contributed by atoms with van der Waals surface area (Å²) < 4.78 is 7.73. The Morgan fingerprint density at radius 3 is 2.72 bits per heavy atom. The van der Waals surface area contributed by atoms with Gasteiger partial charge < -0.3 is 13.9 Å². The molecule has 2 aliphatic heterocycles. The molecule has 6 nitrogen and oxygen atoms in total. The van der Waals surface area contributed by atoms with Gasteiger partial charge in [-0.3, -0.25) is 14.7 Å². The maximum absolute atomic E-state index is 13.6. The molecule has 0 N–H and O–H groups in total. The zero-order valence-corrected chi connectivity index (χ0v) is 16.5. The van der Waals surface area contributed by atoms with Gasteiger partial charge in [-0.25, -0.2) is 0 Å². The van der Waals surface area contributed by atoms with Crippen LogP contribution in [0.5, 0.6) is 0 Å². The van der Waals surface area contributed by atoms with E-state index in [1.807, 2.05) is 24.4 Å². The highest BCUT2D eigenvalue weighted by atomic mass is 16.3. The Bertz CT molecular complexity index is 942. The lowest BCUT2D eigenvalue weighted by atomic mass is 9.92. The standard InChI is InChI=1S/C23H26N4O2/c28-23(18-7-11-25(12-8-18)17-20-5-3-15-29-20)27-14-13-26-10-2-6-21(26)22(27)19-4-1-9-24-16-19/h1-6,9-10,15-16,18,22H,7-8,11-14,17H2/t22-/m0/s1. The van der Waals surface area contributed by atoms with Crippen LogP contribution in [0.4, 0.5) is 0 Å². The summed E-state index contributed by atoms with van der Waals surface area (Å²) in [6, 6.07) is 12.1. The van der Waals surface area contributed by atoms with E-state index in [1.165, 1.54) is 5.69 Å². The highest BCUT2D eigenvalue weighted by molar-refractivity contribution is 5.80. The van der Waals surface area contributed by atoms with E-state index >= 15 is 0 Å². The molecule has 2 aliphatic rings.